The second kappa shape index (κ2) is 10.4. The van der Waals surface area contributed by atoms with E-state index < -0.39 is 0 Å². The van der Waals surface area contributed by atoms with Crippen LogP contribution in [-0.2, 0) is 6.54 Å². The van der Waals surface area contributed by atoms with Gasteiger partial charge in [0.2, 0.25) is 0 Å². The number of nitrogens with one attached hydrogen (secondary N) is 1. The number of hydrogen-bond acceptors (Lipinski definition) is 6. The molecule has 1 aromatic carbocycles. The molecule has 0 unspecified atom stereocenters. The molecule has 1 aliphatic rings. The quantitative estimate of drug-likeness (QED) is 0.760. The van der Waals surface area contributed by atoms with Crippen molar-refractivity contribution in [2.45, 2.75) is 46.2 Å². The maximum Gasteiger partial charge on any atom is 0.156 e. The minimum absolute atomic E-state index is 0.493. The molecule has 1 saturated heterocycles. The van der Waals surface area contributed by atoms with Gasteiger partial charge in [-0.2, -0.15) is 10.4 Å². The number of rotatable bonds is 6. The predicted octanol–water partition coefficient (Wildman–Crippen LogP) is 2.70. The smallest absolute Gasteiger partial charge is 0.156 e. The number of hydrogen-bond donors (Lipinski definition) is 1. The van der Waals surface area contributed by atoms with E-state index >= 15 is 0 Å². The molecule has 2 heterocycles. The summed E-state index contributed by atoms with van der Waals surface area (Å²) in [6.07, 6.45) is 6.47. The largest absolute Gasteiger partial charge is 0.372 e. The third kappa shape index (κ3) is 5.17. The molecule has 0 spiro atoms. The highest BCUT2D eigenvalue weighted by atomic mass is 15.2. The van der Waals surface area contributed by atoms with Gasteiger partial charge in [0.05, 0.1) is 17.3 Å². The molecule has 1 N–H and O–H groups in total. The second-order valence-corrected chi connectivity index (χ2v) is 8.59. The van der Waals surface area contributed by atoms with Crippen LogP contribution in [0.3, 0.4) is 0 Å². The first kappa shape index (κ1) is 23.5. The number of anilines is 1. The lowest BCUT2D eigenvalue weighted by molar-refractivity contribution is 0.175. The molecule has 2 aromatic rings. The van der Waals surface area contributed by atoms with Crippen molar-refractivity contribution in [3.05, 3.63) is 63.3 Å². The first-order valence-electron chi connectivity index (χ1n) is 11.2. The molecule has 0 radical (unpaired) electrons. The average Bonchev–Trinajstić information content (AvgIpc) is 2.79. The van der Waals surface area contributed by atoms with Crippen molar-refractivity contribution in [3.63, 3.8) is 0 Å². The monoisotopic (exact) mass is 430 g/mol. The van der Waals surface area contributed by atoms with Crippen LogP contribution in [0.2, 0.25) is 0 Å². The lowest BCUT2D eigenvalue weighted by Crippen LogP contribution is -2.41. The zero-order valence-electron chi connectivity index (χ0n) is 19.9. The van der Waals surface area contributed by atoms with Gasteiger partial charge in [-0.1, -0.05) is 24.8 Å². The Hall–Kier alpha value is -3.17. The highest BCUT2D eigenvalue weighted by Crippen LogP contribution is 2.18. The molecule has 168 valence electrons. The van der Waals surface area contributed by atoms with E-state index in [9.17, 15) is 5.26 Å². The molecule has 0 amide bonds. The normalized spacial score (nSPS) is 16.1. The number of benzene rings is 1. The Morgan fingerprint density at radius 3 is 2.66 bits per heavy atom. The minimum atomic E-state index is 0.493. The molecule has 32 heavy (non-hydrogen) atoms. The molecule has 0 aliphatic carbocycles. The standard InChI is InChI=1S/C26H34N6/c1-7-24-20(4)29-30-26(28-17-22-10-8-9-21(16-27)19(22)3)25(24)15-18(2)32(6)23-11-13-31(5)14-12-23/h7-10,15,23H,2,11-14,17H2,1,3-6H3,(H,28,30)/b24-7-,25-15+. The Morgan fingerprint density at radius 1 is 1.28 bits per heavy atom. The number of nitriles is 1. The molecule has 6 heteroatoms. The van der Waals surface area contributed by atoms with Crippen LogP contribution in [0.25, 0.3) is 12.2 Å². The topological polar surface area (TPSA) is 68.1 Å². The van der Waals surface area contributed by atoms with Crippen LogP contribution in [0.15, 0.2) is 30.5 Å². The number of nitrogens with zero attached hydrogens (tertiary/aromatic N) is 5. The van der Waals surface area contributed by atoms with Crippen LogP contribution in [0.5, 0.6) is 0 Å². The van der Waals surface area contributed by atoms with E-state index in [2.05, 4.69) is 64.2 Å². The number of aryl methyl sites for hydroxylation is 1. The zero-order valence-corrected chi connectivity index (χ0v) is 19.9. The zero-order chi connectivity index (χ0) is 23.3. The van der Waals surface area contributed by atoms with Crippen LogP contribution in [-0.4, -0.2) is 53.2 Å². The molecule has 0 atom stereocenters. The van der Waals surface area contributed by atoms with E-state index in [1.807, 2.05) is 39.0 Å². The van der Waals surface area contributed by atoms with Crippen molar-refractivity contribution in [1.29, 1.82) is 5.26 Å². The molecular formula is C26H34N6. The van der Waals surface area contributed by atoms with E-state index in [1.165, 1.54) is 0 Å². The van der Waals surface area contributed by atoms with Gasteiger partial charge < -0.3 is 15.1 Å². The average molecular weight is 431 g/mol. The Kier molecular flexibility index (Phi) is 7.66. The summed E-state index contributed by atoms with van der Waals surface area (Å²) in [5.41, 5.74) is 4.62. The molecule has 1 aromatic heterocycles. The van der Waals surface area contributed by atoms with E-state index in [0.717, 1.165) is 64.7 Å². The van der Waals surface area contributed by atoms with Gasteiger partial charge in [0.25, 0.3) is 0 Å². The van der Waals surface area contributed by atoms with Crippen molar-refractivity contribution >= 4 is 18.0 Å². The van der Waals surface area contributed by atoms with Crippen molar-refractivity contribution in [1.82, 2.24) is 20.0 Å². The van der Waals surface area contributed by atoms with Gasteiger partial charge in [0.15, 0.2) is 5.82 Å². The summed E-state index contributed by atoms with van der Waals surface area (Å²) in [7, 11) is 4.31. The molecule has 1 fully saturated rings. The Balaban J connectivity index is 1.92. The number of piperidine rings is 1. The second-order valence-electron chi connectivity index (χ2n) is 8.59. The van der Waals surface area contributed by atoms with E-state index in [0.29, 0.717) is 18.2 Å². The lowest BCUT2D eigenvalue weighted by atomic mass is 10.0. The maximum absolute atomic E-state index is 9.33. The fourth-order valence-electron chi connectivity index (χ4n) is 4.26. The van der Waals surface area contributed by atoms with E-state index in [-0.39, 0.29) is 0 Å². The summed E-state index contributed by atoms with van der Waals surface area (Å²) in [5, 5.41) is 23.7. The summed E-state index contributed by atoms with van der Waals surface area (Å²) in [6, 6.07) is 8.55. The van der Waals surface area contributed by atoms with E-state index in [4.69, 9.17) is 0 Å². The lowest BCUT2D eigenvalue weighted by Gasteiger charge is -2.36. The molecular weight excluding hydrogens is 396 g/mol. The predicted molar refractivity (Wildman–Crippen MR) is 131 cm³/mol. The van der Waals surface area contributed by atoms with Crippen LogP contribution in [0.4, 0.5) is 5.82 Å². The fourth-order valence-corrected chi connectivity index (χ4v) is 4.26. The van der Waals surface area contributed by atoms with Gasteiger partial charge in [-0.05, 0) is 77.0 Å². The van der Waals surface area contributed by atoms with Gasteiger partial charge in [-0.3, -0.25) is 0 Å². The van der Waals surface area contributed by atoms with Gasteiger partial charge >= 0.3 is 0 Å². The van der Waals surface area contributed by atoms with Crippen LogP contribution >= 0.6 is 0 Å². The number of allylic oxidation sites excluding steroid dienone is 1. The molecule has 0 saturated carbocycles. The molecule has 6 nitrogen and oxygen atoms in total. The Morgan fingerprint density at radius 2 is 2.00 bits per heavy atom. The van der Waals surface area contributed by atoms with E-state index in [1.54, 1.807) is 0 Å². The number of aromatic nitrogens is 2. The molecule has 3 rings (SSSR count). The van der Waals surface area contributed by atoms with Gasteiger partial charge in [-0.15, -0.1) is 5.10 Å². The first-order valence-corrected chi connectivity index (χ1v) is 11.2. The minimum Gasteiger partial charge on any atom is -0.372 e. The summed E-state index contributed by atoms with van der Waals surface area (Å²) in [6.45, 7) is 13.2. The van der Waals surface area contributed by atoms with Crippen molar-refractivity contribution < 1.29 is 0 Å². The maximum atomic E-state index is 9.33. The van der Waals surface area contributed by atoms with Gasteiger partial charge in [0, 0.05) is 35.8 Å². The van der Waals surface area contributed by atoms with Crippen molar-refractivity contribution in [2.24, 2.45) is 0 Å². The SMILES string of the molecule is C=C(/C=c1/c(NCc2cccc(C#N)c2C)nnc(C)/c1=C/C)N(C)C1CCN(C)CC1. The first-order chi connectivity index (χ1) is 15.3. The summed E-state index contributed by atoms with van der Waals surface area (Å²) in [4.78, 5) is 4.68. The fraction of sp³-hybridized carbons (Fsp3) is 0.423. The number of likely N-dealkylation sites (tertiary alicyclic amines) is 1. The molecule has 1 aliphatic heterocycles. The third-order valence-corrected chi connectivity index (χ3v) is 6.54. The summed E-state index contributed by atoms with van der Waals surface area (Å²) >= 11 is 0. The van der Waals surface area contributed by atoms with Crippen LogP contribution in [0, 0.1) is 25.2 Å². The highest BCUT2D eigenvalue weighted by Gasteiger charge is 2.21. The Labute approximate surface area is 191 Å². The summed E-state index contributed by atoms with van der Waals surface area (Å²) < 4.78 is 0. The van der Waals surface area contributed by atoms with Gasteiger partial charge in [0.1, 0.15) is 0 Å². The van der Waals surface area contributed by atoms with Gasteiger partial charge in [-0.25, -0.2) is 0 Å². The highest BCUT2D eigenvalue weighted by molar-refractivity contribution is 5.54. The van der Waals surface area contributed by atoms with Crippen LogP contribution in [0.1, 0.15) is 42.1 Å². The third-order valence-electron chi connectivity index (χ3n) is 6.54. The molecule has 0 bridgehead atoms. The van der Waals surface area contributed by atoms with Crippen molar-refractivity contribution in [2.75, 3.05) is 32.5 Å². The summed E-state index contributed by atoms with van der Waals surface area (Å²) in [5.74, 6) is 0.725. The van der Waals surface area contributed by atoms with Crippen LogP contribution < -0.4 is 15.8 Å². The Bertz CT molecular complexity index is 1140. The van der Waals surface area contributed by atoms with Crippen molar-refractivity contribution in [3.8, 4) is 6.07 Å².